The van der Waals surface area contributed by atoms with Gasteiger partial charge in [0.05, 0.1) is 0 Å². The highest BCUT2D eigenvalue weighted by Crippen LogP contribution is 2.38. The number of carbonyl (C=O) groups excluding carboxylic acids is 1. The van der Waals surface area contributed by atoms with E-state index in [0.29, 0.717) is 24.6 Å². The molecule has 1 saturated heterocycles. The summed E-state index contributed by atoms with van der Waals surface area (Å²) < 4.78 is 4.95. The summed E-state index contributed by atoms with van der Waals surface area (Å²) in [6.45, 7) is 1.71. The van der Waals surface area contributed by atoms with Gasteiger partial charge >= 0.3 is 0 Å². The maximum Gasteiger partial charge on any atom is 0.220 e. The molecule has 0 bridgehead atoms. The Kier molecular flexibility index (Phi) is 4.40. The average Bonchev–Trinajstić information content (AvgIpc) is 2.28. The monoisotopic (exact) mass is 240 g/mol. The van der Waals surface area contributed by atoms with Gasteiger partial charge < -0.3 is 15.4 Å². The van der Waals surface area contributed by atoms with Gasteiger partial charge in [-0.2, -0.15) is 0 Å². The van der Waals surface area contributed by atoms with E-state index >= 15 is 0 Å². The van der Waals surface area contributed by atoms with Crippen molar-refractivity contribution in [3.63, 3.8) is 0 Å². The normalized spacial score (nSPS) is 26.5. The van der Waals surface area contributed by atoms with Crippen LogP contribution in [-0.2, 0) is 9.53 Å². The zero-order chi connectivity index (χ0) is 12.1. The van der Waals surface area contributed by atoms with E-state index in [1.165, 1.54) is 19.3 Å². The molecule has 0 aromatic rings. The molecule has 1 unspecified atom stereocenters. The van der Waals surface area contributed by atoms with Crippen molar-refractivity contribution in [2.75, 3.05) is 20.3 Å². The highest BCUT2D eigenvalue weighted by atomic mass is 16.5. The van der Waals surface area contributed by atoms with Crippen LogP contribution in [0.15, 0.2) is 0 Å². The first-order valence-corrected chi connectivity index (χ1v) is 6.77. The number of nitrogens with one attached hydrogen (secondary N) is 2. The van der Waals surface area contributed by atoms with E-state index in [0.717, 1.165) is 25.8 Å². The lowest BCUT2D eigenvalue weighted by atomic mass is 9.70. The lowest BCUT2D eigenvalue weighted by Gasteiger charge is -2.48. The van der Waals surface area contributed by atoms with Gasteiger partial charge in [0.15, 0.2) is 0 Å². The fourth-order valence-corrected chi connectivity index (χ4v) is 2.94. The summed E-state index contributed by atoms with van der Waals surface area (Å²) in [5.41, 5.74) is 0.364. The van der Waals surface area contributed by atoms with Crippen LogP contribution < -0.4 is 10.6 Å². The van der Waals surface area contributed by atoms with Crippen molar-refractivity contribution in [1.82, 2.24) is 10.6 Å². The average molecular weight is 240 g/mol. The molecule has 1 aliphatic heterocycles. The first-order valence-electron chi connectivity index (χ1n) is 6.77. The molecule has 2 aliphatic rings. The predicted octanol–water partition coefficient (Wildman–Crippen LogP) is 1.20. The van der Waals surface area contributed by atoms with E-state index in [2.05, 4.69) is 10.6 Å². The van der Waals surface area contributed by atoms with Gasteiger partial charge in [-0.15, -0.1) is 0 Å². The van der Waals surface area contributed by atoms with Gasteiger partial charge in [-0.25, -0.2) is 0 Å². The molecule has 4 nitrogen and oxygen atoms in total. The number of amides is 1. The van der Waals surface area contributed by atoms with E-state index in [9.17, 15) is 4.79 Å². The van der Waals surface area contributed by atoms with Crippen molar-refractivity contribution in [2.24, 2.45) is 0 Å². The second kappa shape index (κ2) is 5.83. The van der Waals surface area contributed by atoms with Crippen molar-refractivity contribution in [2.45, 2.75) is 56.5 Å². The summed E-state index contributed by atoms with van der Waals surface area (Å²) in [6.07, 6.45) is 7.48. The second-order valence-corrected chi connectivity index (χ2v) is 5.41. The molecule has 17 heavy (non-hydrogen) atoms. The largest absolute Gasteiger partial charge is 0.385 e. The van der Waals surface area contributed by atoms with Gasteiger partial charge in [0.25, 0.3) is 0 Å². The molecule has 2 N–H and O–H groups in total. The Labute approximate surface area is 103 Å². The van der Waals surface area contributed by atoms with Crippen molar-refractivity contribution in [3.8, 4) is 0 Å². The molecule has 0 radical (unpaired) electrons. The highest BCUT2D eigenvalue weighted by Gasteiger charge is 2.41. The molecule has 1 amide bonds. The summed E-state index contributed by atoms with van der Waals surface area (Å²) in [4.78, 5) is 11.7. The summed E-state index contributed by atoms with van der Waals surface area (Å²) in [5.74, 6) is 0.184. The number of methoxy groups -OCH3 is 1. The number of piperidine rings is 1. The Balaban J connectivity index is 1.69. The second-order valence-electron chi connectivity index (χ2n) is 5.41. The standard InChI is InChI=1S/C13H24N2O2/c1-17-9-2-4-12(16)15-11-5-8-14-13(10-11)6-3-7-13/h11,14H,2-10H2,1H3,(H,15,16). The van der Waals surface area contributed by atoms with Crippen LogP contribution >= 0.6 is 0 Å². The molecule has 1 aliphatic carbocycles. The molecule has 1 atom stereocenters. The van der Waals surface area contributed by atoms with Crippen LogP contribution in [0.2, 0.25) is 0 Å². The molecule has 4 heteroatoms. The number of ether oxygens (including phenoxy) is 1. The van der Waals surface area contributed by atoms with Crippen LogP contribution in [0.3, 0.4) is 0 Å². The molecular weight excluding hydrogens is 216 g/mol. The molecule has 98 valence electrons. The smallest absolute Gasteiger partial charge is 0.220 e. The van der Waals surface area contributed by atoms with Gasteiger partial charge in [-0.1, -0.05) is 0 Å². The van der Waals surface area contributed by atoms with Crippen molar-refractivity contribution >= 4 is 5.91 Å². The van der Waals surface area contributed by atoms with Crippen molar-refractivity contribution in [1.29, 1.82) is 0 Å². The Morgan fingerprint density at radius 2 is 2.35 bits per heavy atom. The van der Waals surface area contributed by atoms with Crippen LogP contribution in [0, 0.1) is 0 Å². The molecule has 2 rings (SSSR count). The van der Waals surface area contributed by atoms with E-state index in [4.69, 9.17) is 4.74 Å². The lowest BCUT2D eigenvalue weighted by molar-refractivity contribution is -0.122. The van der Waals surface area contributed by atoms with Gasteiger partial charge in [0, 0.05) is 31.7 Å². The topological polar surface area (TPSA) is 50.4 Å². The quantitative estimate of drug-likeness (QED) is 0.710. The molecule has 1 heterocycles. The van der Waals surface area contributed by atoms with E-state index in [1.807, 2.05) is 0 Å². The maximum atomic E-state index is 11.7. The lowest BCUT2D eigenvalue weighted by Crippen LogP contribution is -2.59. The van der Waals surface area contributed by atoms with Gasteiger partial charge in [0.1, 0.15) is 0 Å². The predicted molar refractivity (Wildman–Crippen MR) is 66.9 cm³/mol. The van der Waals surface area contributed by atoms with Crippen molar-refractivity contribution in [3.05, 3.63) is 0 Å². The van der Waals surface area contributed by atoms with Gasteiger partial charge in [0.2, 0.25) is 5.91 Å². The number of hydrogen-bond donors (Lipinski definition) is 2. The summed E-state index contributed by atoms with van der Waals surface area (Å²) >= 11 is 0. The third kappa shape index (κ3) is 3.42. The third-order valence-corrected chi connectivity index (χ3v) is 4.06. The molecule has 0 aromatic heterocycles. The minimum Gasteiger partial charge on any atom is -0.385 e. The van der Waals surface area contributed by atoms with Crippen molar-refractivity contribution < 1.29 is 9.53 Å². The number of carbonyl (C=O) groups is 1. The van der Waals surface area contributed by atoms with Crippen LogP contribution in [0.25, 0.3) is 0 Å². The van der Waals surface area contributed by atoms with Gasteiger partial charge in [-0.05, 0) is 45.1 Å². The zero-order valence-electron chi connectivity index (χ0n) is 10.8. The fourth-order valence-electron chi connectivity index (χ4n) is 2.94. The number of hydrogen-bond acceptors (Lipinski definition) is 3. The fraction of sp³-hybridized carbons (Fsp3) is 0.923. The van der Waals surface area contributed by atoms with E-state index < -0.39 is 0 Å². The Hall–Kier alpha value is -0.610. The summed E-state index contributed by atoms with van der Waals surface area (Å²) in [7, 11) is 1.67. The summed E-state index contributed by atoms with van der Waals surface area (Å²) in [5, 5.41) is 6.78. The number of rotatable bonds is 5. The first kappa shape index (κ1) is 12.8. The maximum absolute atomic E-state index is 11.7. The minimum atomic E-state index is 0.184. The molecule has 2 fully saturated rings. The Morgan fingerprint density at radius 3 is 3.00 bits per heavy atom. The Morgan fingerprint density at radius 1 is 1.53 bits per heavy atom. The third-order valence-electron chi connectivity index (χ3n) is 4.06. The SMILES string of the molecule is COCCCC(=O)NC1CCNC2(CCC2)C1. The molecule has 1 spiro atoms. The van der Waals surface area contributed by atoms with E-state index in [1.54, 1.807) is 7.11 Å². The van der Waals surface area contributed by atoms with Crippen LogP contribution in [0.1, 0.15) is 44.9 Å². The molecular formula is C13H24N2O2. The van der Waals surface area contributed by atoms with Crippen LogP contribution in [0.5, 0.6) is 0 Å². The van der Waals surface area contributed by atoms with Gasteiger partial charge in [-0.3, -0.25) is 4.79 Å². The Bertz CT molecular complexity index is 264. The summed E-state index contributed by atoms with van der Waals surface area (Å²) in [6, 6.07) is 0.381. The highest BCUT2D eigenvalue weighted by molar-refractivity contribution is 5.76. The zero-order valence-corrected chi connectivity index (χ0v) is 10.8. The van der Waals surface area contributed by atoms with Crippen LogP contribution in [0.4, 0.5) is 0 Å². The first-order chi connectivity index (χ1) is 8.24. The minimum absolute atomic E-state index is 0.184. The van der Waals surface area contributed by atoms with Crippen LogP contribution in [-0.4, -0.2) is 37.7 Å². The molecule has 1 saturated carbocycles. The van der Waals surface area contributed by atoms with E-state index in [-0.39, 0.29) is 5.91 Å². The molecule has 0 aromatic carbocycles.